The normalized spacial score (nSPS) is 10.2. The van der Waals surface area contributed by atoms with Crippen molar-refractivity contribution in [3.8, 4) is 5.75 Å². The summed E-state index contributed by atoms with van der Waals surface area (Å²) in [7, 11) is 1.68. The molecule has 17 heavy (non-hydrogen) atoms. The highest BCUT2D eigenvalue weighted by Gasteiger charge is 2.04. The molecule has 0 aliphatic rings. The monoisotopic (exact) mass is 296 g/mol. The molecule has 2 rings (SSSR count). The number of nitrogens with zero attached hydrogens (tertiary/aromatic N) is 4. The maximum atomic E-state index is 10.7. The molecule has 1 aromatic heterocycles. The zero-order chi connectivity index (χ0) is 12.3. The number of aromatic nitrogens is 4. The van der Waals surface area contributed by atoms with Gasteiger partial charge < -0.3 is 4.74 Å². The average Bonchev–Trinajstić information content (AvgIpc) is 2.74. The summed E-state index contributed by atoms with van der Waals surface area (Å²) in [6, 6.07) is 5.16. The van der Waals surface area contributed by atoms with Gasteiger partial charge in [-0.05, 0) is 23.4 Å². The number of aryl methyl sites for hydroxylation is 1. The predicted octanol–water partition coefficient (Wildman–Crippen LogP) is 1.36. The van der Waals surface area contributed by atoms with Gasteiger partial charge in [-0.25, -0.2) is 0 Å². The number of ether oxygens (including phenoxy) is 1. The molecular weight excluding hydrogens is 288 g/mol. The first-order valence-corrected chi connectivity index (χ1v) is 5.59. The topological polar surface area (TPSA) is 69.9 Å². The third-order valence-corrected chi connectivity index (χ3v) is 2.73. The van der Waals surface area contributed by atoms with Crippen molar-refractivity contribution in [2.75, 3.05) is 0 Å². The summed E-state index contributed by atoms with van der Waals surface area (Å²) in [5.41, 5.74) is 0.537. The third kappa shape index (κ3) is 2.88. The zero-order valence-electron chi connectivity index (χ0n) is 9.00. The molecule has 88 valence electrons. The minimum Gasteiger partial charge on any atom is -0.485 e. The summed E-state index contributed by atoms with van der Waals surface area (Å²) in [6.07, 6.45) is 0.761. The zero-order valence-corrected chi connectivity index (χ0v) is 10.6. The SMILES string of the molecule is Cn1nnc(COc2ccc(Br)c(C=O)c2)n1. The first-order chi connectivity index (χ1) is 8.19. The number of aldehydes is 1. The van der Waals surface area contributed by atoms with E-state index >= 15 is 0 Å². The lowest BCUT2D eigenvalue weighted by atomic mass is 10.2. The number of carbonyl (C=O) groups excluding carboxylic acids is 1. The van der Waals surface area contributed by atoms with Crippen LogP contribution in [0.5, 0.6) is 5.75 Å². The van der Waals surface area contributed by atoms with Crippen molar-refractivity contribution in [2.24, 2.45) is 7.05 Å². The van der Waals surface area contributed by atoms with E-state index in [1.165, 1.54) is 4.80 Å². The van der Waals surface area contributed by atoms with Crippen molar-refractivity contribution >= 4 is 22.2 Å². The van der Waals surface area contributed by atoms with Gasteiger partial charge in [0.25, 0.3) is 0 Å². The molecule has 0 radical (unpaired) electrons. The van der Waals surface area contributed by atoms with Crippen LogP contribution in [0.2, 0.25) is 0 Å². The van der Waals surface area contributed by atoms with E-state index in [0.717, 1.165) is 10.8 Å². The number of benzene rings is 1. The quantitative estimate of drug-likeness (QED) is 0.797. The van der Waals surface area contributed by atoms with E-state index in [1.54, 1.807) is 25.2 Å². The van der Waals surface area contributed by atoms with E-state index in [2.05, 4.69) is 31.3 Å². The summed E-state index contributed by atoms with van der Waals surface area (Å²) < 4.78 is 6.18. The highest BCUT2D eigenvalue weighted by Crippen LogP contribution is 2.21. The van der Waals surface area contributed by atoms with Gasteiger partial charge >= 0.3 is 0 Å². The molecule has 0 fully saturated rings. The van der Waals surface area contributed by atoms with Crippen molar-refractivity contribution in [1.82, 2.24) is 20.2 Å². The molecule has 0 bridgehead atoms. The number of tetrazole rings is 1. The van der Waals surface area contributed by atoms with Crippen LogP contribution in [0.1, 0.15) is 16.2 Å². The molecule has 6 nitrogen and oxygen atoms in total. The Balaban J connectivity index is 2.06. The second kappa shape index (κ2) is 5.05. The van der Waals surface area contributed by atoms with Crippen molar-refractivity contribution in [2.45, 2.75) is 6.61 Å². The molecule has 0 spiro atoms. The molecule has 0 saturated heterocycles. The van der Waals surface area contributed by atoms with Crippen LogP contribution in [0.25, 0.3) is 0 Å². The first kappa shape index (κ1) is 11.7. The van der Waals surface area contributed by atoms with Crippen molar-refractivity contribution in [1.29, 1.82) is 0 Å². The third-order valence-electron chi connectivity index (χ3n) is 2.01. The summed E-state index contributed by atoms with van der Waals surface area (Å²) in [4.78, 5) is 12.1. The smallest absolute Gasteiger partial charge is 0.212 e. The van der Waals surface area contributed by atoms with E-state index in [4.69, 9.17) is 4.74 Å². The lowest BCUT2D eigenvalue weighted by Gasteiger charge is -2.04. The molecule has 7 heteroatoms. The number of hydrogen-bond donors (Lipinski definition) is 0. The predicted molar refractivity (Wildman–Crippen MR) is 62.7 cm³/mol. The number of carbonyl (C=O) groups is 1. The van der Waals surface area contributed by atoms with Crippen molar-refractivity contribution in [3.05, 3.63) is 34.1 Å². The van der Waals surface area contributed by atoms with Crippen molar-refractivity contribution in [3.63, 3.8) is 0 Å². The number of rotatable bonds is 4. The Hall–Kier alpha value is -1.76. The summed E-state index contributed by atoms with van der Waals surface area (Å²) in [5, 5.41) is 11.5. The van der Waals surface area contributed by atoms with Gasteiger partial charge in [0, 0.05) is 10.0 Å². The largest absolute Gasteiger partial charge is 0.485 e. The van der Waals surface area contributed by atoms with Gasteiger partial charge in [-0.15, -0.1) is 10.2 Å². The summed E-state index contributed by atoms with van der Waals surface area (Å²) >= 11 is 3.27. The maximum absolute atomic E-state index is 10.7. The van der Waals surface area contributed by atoms with E-state index in [1.807, 2.05) is 0 Å². The first-order valence-electron chi connectivity index (χ1n) is 4.79. The van der Waals surface area contributed by atoms with Crippen LogP contribution in [-0.4, -0.2) is 26.5 Å². The Morgan fingerprint density at radius 1 is 1.53 bits per heavy atom. The van der Waals surface area contributed by atoms with Crippen LogP contribution in [0, 0.1) is 0 Å². The van der Waals surface area contributed by atoms with Gasteiger partial charge in [-0.3, -0.25) is 4.79 Å². The van der Waals surface area contributed by atoms with Gasteiger partial charge in [0.05, 0.1) is 7.05 Å². The Bertz CT molecular complexity index is 541. The van der Waals surface area contributed by atoms with E-state index in [9.17, 15) is 4.79 Å². The lowest BCUT2D eigenvalue weighted by molar-refractivity contribution is 0.112. The van der Waals surface area contributed by atoms with Gasteiger partial charge in [0.15, 0.2) is 12.9 Å². The van der Waals surface area contributed by atoms with Crippen LogP contribution in [0.4, 0.5) is 0 Å². The highest BCUT2D eigenvalue weighted by atomic mass is 79.9. The Labute approximate surface area is 106 Å². The van der Waals surface area contributed by atoms with Crippen molar-refractivity contribution < 1.29 is 9.53 Å². The fraction of sp³-hybridized carbons (Fsp3) is 0.200. The molecule has 0 aliphatic heterocycles. The minimum atomic E-state index is 0.216. The second-order valence-electron chi connectivity index (χ2n) is 3.28. The molecule has 0 unspecified atom stereocenters. The average molecular weight is 297 g/mol. The molecule has 1 aromatic carbocycles. The van der Waals surface area contributed by atoms with Crippen LogP contribution in [-0.2, 0) is 13.7 Å². The van der Waals surface area contributed by atoms with E-state index < -0.39 is 0 Å². The Morgan fingerprint density at radius 3 is 3.00 bits per heavy atom. The van der Waals surface area contributed by atoms with Crippen LogP contribution in [0.15, 0.2) is 22.7 Å². The second-order valence-corrected chi connectivity index (χ2v) is 4.14. The molecule has 0 N–H and O–H groups in total. The van der Waals surface area contributed by atoms with Gasteiger partial charge in [-0.2, -0.15) is 4.80 Å². The molecule has 0 aliphatic carbocycles. The molecule has 0 amide bonds. The molecule has 1 heterocycles. The van der Waals surface area contributed by atoms with Gasteiger partial charge in [-0.1, -0.05) is 15.9 Å². The lowest BCUT2D eigenvalue weighted by Crippen LogP contribution is -1.99. The summed E-state index contributed by atoms with van der Waals surface area (Å²) in [5.74, 6) is 1.07. The van der Waals surface area contributed by atoms with E-state index in [0.29, 0.717) is 17.1 Å². The van der Waals surface area contributed by atoms with Crippen LogP contribution >= 0.6 is 15.9 Å². The highest BCUT2D eigenvalue weighted by molar-refractivity contribution is 9.10. The Kier molecular flexibility index (Phi) is 3.48. The van der Waals surface area contributed by atoms with Gasteiger partial charge in [0.1, 0.15) is 5.75 Å². The Morgan fingerprint density at radius 2 is 2.35 bits per heavy atom. The molecule has 0 atom stereocenters. The molecule has 2 aromatic rings. The minimum absolute atomic E-state index is 0.216. The number of hydrogen-bond acceptors (Lipinski definition) is 5. The van der Waals surface area contributed by atoms with Gasteiger partial charge in [0.2, 0.25) is 5.82 Å². The molecule has 0 saturated carbocycles. The van der Waals surface area contributed by atoms with Crippen LogP contribution < -0.4 is 4.74 Å². The maximum Gasteiger partial charge on any atom is 0.212 e. The molecular formula is C10H9BrN4O2. The summed E-state index contributed by atoms with van der Waals surface area (Å²) in [6.45, 7) is 0.216. The fourth-order valence-corrected chi connectivity index (χ4v) is 1.57. The van der Waals surface area contributed by atoms with Crippen LogP contribution in [0.3, 0.4) is 0 Å². The number of halogens is 1. The van der Waals surface area contributed by atoms with E-state index in [-0.39, 0.29) is 6.61 Å². The fourth-order valence-electron chi connectivity index (χ4n) is 1.23. The standard InChI is InChI=1S/C10H9BrN4O2/c1-15-13-10(12-14-15)6-17-8-2-3-9(11)7(4-8)5-16/h2-5H,6H2,1H3.